The van der Waals surface area contributed by atoms with Crippen molar-refractivity contribution in [2.75, 3.05) is 26.3 Å². The van der Waals surface area contributed by atoms with Crippen molar-refractivity contribution in [3.8, 4) is 0 Å². The Morgan fingerprint density at radius 3 is 2.29 bits per heavy atom. The van der Waals surface area contributed by atoms with E-state index in [0.29, 0.717) is 19.6 Å². The molecule has 0 radical (unpaired) electrons. The quantitative estimate of drug-likeness (QED) is 0.736. The molecule has 0 saturated carbocycles. The van der Waals surface area contributed by atoms with Crippen LogP contribution in [0.2, 0.25) is 0 Å². The molecule has 2 N–H and O–H groups in total. The average molecular weight is 242 g/mol. The molecule has 4 nitrogen and oxygen atoms in total. The third-order valence-electron chi connectivity index (χ3n) is 3.33. The van der Waals surface area contributed by atoms with Gasteiger partial charge in [-0.25, -0.2) is 0 Å². The summed E-state index contributed by atoms with van der Waals surface area (Å²) >= 11 is 0. The molecule has 1 aliphatic heterocycles. The van der Waals surface area contributed by atoms with Gasteiger partial charge in [0.2, 0.25) is 5.91 Å². The number of rotatable bonds is 7. The summed E-state index contributed by atoms with van der Waals surface area (Å²) in [6.07, 6.45) is 4.95. The highest BCUT2D eigenvalue weighted by Crippen LogP contribution is 2.19. The van der Waals surface area contributed by atoms with Gasteiger partial charge in [0.1, 0.15) is 5.54 Å². The highest BCUT2D eigenvalue weighted by molar-refractivity contribution is 5.86. The maximum absolute atomic E-state index is 12.4. The van der Waals surface area contributed by atoms with Crippen LogP contribution in [-0.4, -0.2) is 42.6 Å². The lowest BCUT2D eigenvalue weighted by Gasteiger charge is -2.30. The zero-order valence-corrected chi connectivity index (χ0v) is 11.2. The monoisotopic (exact) mass is 242 g/mol. The van der Waals surface area contributed by atoms with Crippen LogP contribution in [0.25, 0.3) is 0 Å². The molecule has 100 valence electrons. The van der Waals surface area contributed by atoms with E-state index in [0.717, 1.165) is 38.8 Å². The van der Waals surface area contributed by atoms with Crippen molar-refractivity contribution in [3.63, 3.8) is 0 Å². The number of nitrogens with two attached hydrogens (primary N) is 1. The van der Waals surface area contributed by atoms with Crippen LogP contribution in [0.4, 0.5) is 0 Å². The molecule has 1 unspecified atom stereocenters. The second kappa shape index (κ2) is 6.97. The molecule has 0 spiro atoms. The zero-order valence-electron chi connectivity index (χ0n) is 11.2. The molecule has 0 aromatic heterocycles. The minimum Gasteiger partial charge on any atom is -0.379 e. The summed E-state index contributed by atoms with van der Waals surface area (Å²) in [4.78, 5) is 14.3. The molecule has 1 fully saturated rings. The molecule has 17 heavy (non-hydrogen) atoms. The van der Waals surface area contributed by atoms with Gasteiger partial charge in [-0.3, -0.25) is 4.79 Å². The third kappa shape index (κ3) is 3.96. The van der Waals surface area contributed by atoms with Gasteiger partial charge in [0.05, 0.1) is 6.61 Å². The summed E-state index contributed by atoms with van der Waals surface area (Å²) in [5.74, 6) is 0.0805. The fraction of sp³-hybridized carbons (Fsp3) is 0.923. The molecule has 0 aliphatic carbocycles. The Morgan fingerprint density at radius 2 is 1.88 bits per heavy atom. The van der Waals surface area contributed by atoms with Crippen molar-refractivity contribution in [2.45, 2.75) is 51.5 Å². The number of unbranched alkanes of at least 4 members (excludes halogenated alkanes) is 2. The second-order valence-electron chi connectivity index (χ2n) is 4.96. The van der Waals surface area contributed by atoms with Crippen molar-refractivity contribution in [3.05, 3.63) is 0 Å². The molecule has 4 heteroatoms. The predicted octanol–water partition coefficient (Wildman–Crippen LogP) is 1.53. The number of amides is 1. The lowest BCUT2D eigenvalue weighted by Crippen LogP contribution is -2.56. The Labute approximate surface area is 104 Å². The summed E-state index contributed by atoms with van der Waals surface area (Å²) in [7, 11) is 0. The number of carbonyl (C=O) groups excluding carboxylic acids is 1. The van der Waals surface area contributed by atoms with E-state index >= 15 is 0 Å². The van der Waals surface area contributed by atoms with Gasteiger partial charge in [0.15, 0.2) is 0 Å². The van der Waals surface area contributed by atoms with Gasteiger partial charge in [-0.1, -0.05) is 26.7 Å². The largest absolute Gasteiger partial charge is 0.379 e. The summed E-state index contributed by atoms with van der Waals surface area (Å²) < 4.78 is 5.27. The first-order chi connectivity index (χ1) is 8.14. The van der Waals surface area contributed by atoms with Crippen LogP contribution in [0.15, 0.2) is 0 Å². The summed E-state index contributed by atoms with van der Waals surface area (Å²) in [5.41, 5.74) is 5.37. The van der Waals surface area contributed by atoms with E-state index in [4.69, 9.17) is 10.5 Å². The Morgan fingerprint density at radius 1 is 1.29 bits per heavy atom. The van der Waals surface area contributed by atoms with Crippen molar-refractivity contribution in [2.24, 2.45) is 5.73 Å². The van der Waals surface area contributed by atoms with Crippen LogP contribution in [-0.2, 0) is 9.53 Å². The standard InChI is InChI=1S/C13H26N2O2/c1-3-5-8-15(9-6-4-2)12(16)13(14)7-10-17-11-13/h3-11,14H2,1-2H3. The summed E-state index contributed by atoms with van der Waals surface area (Å²) in [6.45, 7) is 6.92. The number of carbonyl (C=O) groups is 1. The van der Waals surface area contributed by atoms with Crippen LogP contribution < -0.4 is 5.73 Å². The van der Waals surface area contributed by atoms with Crippen LogP contribution in [0.1, 0.15) is 46.0 Å². The van der Waals surface area contributed by atoms with Gasteiger partial charge in [0, 0.05) is 19.7 Å². The smallest absolute Gasteiger partial charge is 0.245 e. The number of hydrogen-bond acceptors (Lipinski definition) is 3. The lowest BCUT2D eigenvalue weighted by atomic mass is 9.98. The van der Waals surface area contributed by atoms with Crippen molar-refractivity contribution < 1.29 is 9.53 Å². The summed E-state index contributed by atoms with van der Waals surface area (Å²) in [6, 6.07) is 0. The highest BCUT2D eigenvalue weighted by atomic mass is 16.5. The maximum atomic E-state index is 12.4. The zero-order chi connectivity index (χ0) is 12.7. The molecule has 1 aliphatic rings. The van der Waals surface area contributed by atoms with E-state index in [-0.39, 0.29) is 5.91 Å². The molecule has 0 aromatic carbocycles. The van der Waals surface area contributed by atoms with Crippen LogP contribution in [0.5, 0.6) is 0 Å². The third-order valence-corrected chi connectivity index (χ3v) is 3.33. The van der Waals surface area contributed by atoms with Gasteiger partial charge in [0.25, 0.3) is 0 Å². The van der Waals surface area contributed by atoms with E-state index in [1.54, 1.807) is 0 Å². The molecular weight excluding hydrogens is 216 g/mol. The molecule has 0 bridgehead atoms. The van der Waals surface area contributed by atoms with Crippen molar-refractivity contribution in [1.29, 1.82) is 0 Å². The van der Waals surface area contributed by atoms with Gasteiger partial charge in [-0.2, -0.15) is 0 Å². The number of ether oxygens (including phenoxy) is 1. The topological polar surface area (TPSA) is 55.6 Å². The Hall–Kier alpha value is -0.610. The van der Waals surface area contributed by atoms with E-state index in [1.165, 1.54) is 0 Å². The van der Waals surface area contributed by atoms with Gasteiger partial charge in [-0.05, 0) is 19.3 Å². The molecule has 1 rings (SSSR count). The molecule has 1 heterocycles. The Balaban J connectivity index is 2.57. The first kappa shape index (κ1) is 14.5. The molecule has 1 saturated heterocycles. The normalized spacial score (nSPS) is 23.9. The molecule has 1 amide bonds. The molecule has 1 atom stereocenters. The number of nitrogens with zero attached hydrogens (tertiary/aromatic N) is 1. The average Bonchev–Trinajstić information content (AvgIpc) is 2.77. The first-order valence-corrected chi connectivity index (χ1v) is 6.80. The van der Waals surface area contributed by atoms with E-state index in [9.17, 15) is 4.79 Å². The summed E-state index contributed by atoms with van der Waals surface area (Å²) in [5, 5.41) is 0. The van der Waals surface area contributed by atoms with Gasteiger partial charge >= 0.3 is 0 Å². The lowest BCUT2D eigenvalue weighted by molar-refractivity contribution is -0.137. The fourth-order valence-electron chi connectivity index (χ4n) is 2.08. The molecular formula is C13H26N2O2. The first-order valence-electron chi connectivity index (χ1n) is 6.80. The maximum Gasteiger partial charge on any atom is 0.245 e. The van der Waals surface area contributed by atoms with E-state index in [1.807, 2.05) is 4.90 Å². The Bertz CT molecular complexity index is 230. The van der Waals surface area contributed by atoms with Gasteiger partial charge in [-0.15, -0.1) is 0 Å². The minimum atomic E-state index is -0.762. The Kier molecular flexibility index (Phi) is 5.92. The van der Waals surface area contributed by atoms with Crippen molar-refractivity contribution >= 4 is 5.91 Å². The SMILES string of the molecule is CCCCN(CCCC)C(=O)C1(N)CCOC1. The van der Waals surface area contributed by atoms with E-state index < -0.39 is 5.54 Å². The predicted molar refractivity (Wildman–Crippen MR) is 68.8 cm³/mol. The second-order valence-corrected chi connectivity index (χ2v) is 4.96. The van der Waals surface area contributed by atoms with Crippen molar-refractivity contribution in [1.82, 2.24) is 4.90 Å². The highest BCUT2D eigenvalue weighted by Gasteiger charge is 2.40. The molecule has 0 aromatic rings. The van der Waals surface area contributed by atoms with E-state index in [2.05, 4.69) is 13.8 Å². The van der Waals surface area contributed by atoms with Crippen LogP contribution in [0.3, 0.4) is 0 Å². The minimum absolute atomic E-state index is 0.0805. The fourth-order valence-corrected chi connectivity index (χ4v) is 2.08. The van der Waals surface area contributed by atoms with Crippen LogP contribution >= 0.6 is 0 Å². The van der Waals surface area contributed by atoms with Crippen LogP contribution in [0, 0.1) is 0 Å². The number of hydrogen-bond donors (Lipinski definition) is 1. The van der Waals surface area contributed by atoms with Gasteiger partial charge < -0.3 is 15.4 Å².